The second-order valence-corrected chi connectivity index (χ2v) is 4.09. The lowest BCUT2D eigenvalue weighted by Crippen LogP contribution is -2.43. The minimum absolute atomic E-state index is 0.205. The van der Waals surface area contributed by atoms with Crippen LogP contribution in [0.15, 0.2) is 11.1 Å². The van der Waals surface area contributed by atoms with E-state index in [4.69, 9.17) is 4.74 Å². The maximum atomic E-state index is 11.4. The SMILES string of the molecule is CCOC(=O)C1(C)NC(C)=CS1. The number of carbonyl (C=O) groups excluding carboxylic acids is 1. The van der Waals surface area contributed by atoms with Crippen LogP contribution in [0.3, 0.4) is 0 Å². The predicted molar refractivity (Wildman–Crippen MR) is 49.5 cm³/mol. The van der Waals surface area contributed by atoms with Crippen LogP contribution in [0.4, 0.5) is 0 Å². The number of ether oxygens (including phenoxy) is 1. The zero-order chi connectivity index (χ0) is 9.19. The van der Waals surface area contributed by atoms with E-state index < -0.39 is 4.87 Å². The van der Waals surface area contributed by atoms with Crippen LogP contribution < -0.4 is 5.32 Å². The Kier molecular flexibility index (Phi) is 2.67. The van der Waals surface area contributed by atoms with Gasteiger partial charge in [-0.2, -0.15) is 0 Å². The Morgan fingerprint density at radius 2 is 2.50 bits per heavy atom. The summed E-state index contributed by atoms with van der Waals surface area (Å²) in [5.74, 6) is -0.205. The Labute approximate surface area is 76.5 Å². The van der Waals surface area contributed by atoms with Gasteiger partial charge in [0.15, 0.2) is 4.87 Å². The lowest BCUT2D eigenvalue weighted by atomic mass is 10.3. The molecule has 0 aromatic carbocycles. The number of hydrogen-bond donors (Lipinski definition) is 1. The van der Waals surface area contributed by atoms with Crippen LogP contribution in [0.5, 0.6) is 0 Å². The molecule has 0 spiro atoms. The van der Waals surface area contributed by atoms with Crippen molar-refractivity contribution in [2.24, 2.45) is 0 Å². The van der Waals surface area contributed by atoms with E-state index in [0.29, 0.717) is 6.61 Å². The van der Waals surface area contributed by atoms with Gasteiger partial charge < -0.3 is 10.1 Å². The van der Waals surface area contributed by atoms with Gasteiger partial charge in [-0.3, -0.25) is 0 Å². The summed E-state index contributed by atoms with van der Waals surface area (Å²) in [6.45, 7) is 5.98. The van der Waals surface area contributed by atoms with Crippen molar-refractivity contribution in [2.45, 2.75) is 25.6 Å². The summed E-state index contributed by atoms with van der Waals surface area (Å²) in [6, 6.07) is 0. The smallest absolute Gasteiger partial charge is 0.342 e. The number of allylic oxidation sites excluding steroid dienone is 1. The number of esters is 1. The molecule has 12 heavy (non-hydrogen) atoms. The van der Waals surface area contributed by atoms with Gasteiger partial charge in [-0.1, -0.05) is 11.8 Å². The average molecular weight is 187 g/mol. The molecule has 1 unspecified atom stereocenters. The summed E-state index contributed by atoms with van der Waals surface area (Å²) in [7, 11) is 0. The second-order valence-electron chi connectivity index (χ2n) is 2.80. The zero-order valence-corrected chi connectivity index (χ0v) is 8.33. The van der Waals surface area contributed by atoms with Crippen molar-refractivity contribution >= 4 is 17.7 Å². The third kappa shape index (κ3) is 1.75. The molecule has 3 nitrogen and oxygen atoms in total. The number of carbonyl (C=O) groups is 1. The van der Waals surface area contributed by atoms with Gasteiger partial charge in [-0.25, -0.2) is 4.79 Å². The van der Waals surface area contributed by atoms with E-state index in [9.17, 15) is 4.79 Å². The molecule has 68 valence electrons. The van der Waals surface area contributed by atoms with E-state index in [1.165, 1.54) is 11.8 Å². The predicted octanol–water partition coefficient (Wildman–Crippen LogP) is 1.46. The number of rotatable bonds is 2. The maximum absolute atomic E-state index is 11.4. The van der Waals surface area contributed by atoms with Crippen molar-refractivity contribution in [3.63, 3.8) is 0 Å². The van der Waals surface area contributed by atoms with Gasteiger partial charge in [0.2, 0.25) is 0 Å². The number of thioether (sulfide) groups is 1. The highest BCUT2D eigenvalue weighted by molar-refractivity contribution is 8.04. The molecule has 0 aromatic heterocycles. The first-order valence-electron chi connectivity index (χ1n) is 3.88. The van der Waals surface area contributed by atoms with Crippen LogP contribution in [-0.4, -0.2) is 17.4 Å². The Morgan fingerprint density at radius 3 is 2.92 bits per heavy atom. The first-order chi connectivity index (χ1) is 5.58. The summed E-state index contributed by atoms with van der Waals surface area (Å²) < 4.78 is 4.92. The molecule has 1 N–H and O–H groups in total. The second kappa shape index (κ2) is 3.39. The molecule has 0 fully saturated rings. The monoisotopic (exact) mass is 187 g/mol. The van der Waals surface area contributed by atoms with Crippen LogP contribution in [0.2, 0.25) is 0 Å². The largest absolute Gasteiger partial charge is 0.464 e. The van der Waals surface area contributed by atoms with Crippen molar-refractivity contribution in [3.8, 4) is 0 Å². The molecule has 0 aromatic rings. The average Bonchev–Trinajstić information content (AvgIpc) is 2.33. The highest BCUT2D eigenvalue weighted by Gasteiger charge is 2.37. The fourth-order valence-corrected chi connectivity index (χ4v) is 1.86. The molecule has 0 aliphatic carbocycles. The van der Waals surface area contributed by atoms with Crippen LogP contribution in [0.1, 0.15) is 20.8 Å². The van der Waals surface area contributed by atoms with Gasteiger partial charge in [0.1, 0.15) is 0 Å². The Morgan fingerprint density at radius 1 is 1.83 bits per heavy atom. The fraction of sp³-hybridized carbons (Fsp3) is 0.625. The van der Waals surface area contributed by atoms with Gasteiger partial charge in [0.05, 0.1) is 6.61 Å². The van der Waals surface area contributed by atoms with E-state index in [1.807, 2.05) is 19.3 Å². The van der Waals surface area contributed by atoms with E-state index in [1.54, 1.807) is 6.92 Å². The van der Waals surface area contributed by atoms with E-state index in [2.05, 4.69) is 5.32 Å². The van der Waals surface area contributed by atoms with Crippen molar-refractivity contribution < 1.29 is 9.53 Å². The molecule has 0 saturated carbocycles. The highest BCUT2D eigenvalue weighted by Crippen LogP contribution is 2.32. The van der Waals surface area contributed by atoms with Gasteiger partial charge >= 0.3 is 5.97 Å². The Hall–Kier alpha value is -0.640. The maximum Gasteiger partial charge on any atom is 0.342 e. The molecule has 1 rings (SSSR count). The standard InChI is InChI=1S/C8H13NO2S/c1-4-11-7(10)8(3)9-6(2)5-12-8/h5,9H,4H2,1-3H3. The van der Waals surface area contributed by atoms with Gasteiger partial charge in [0, 0.05) is 5.70 Å². The topological polar surface area (TPSA) is 38.3 Å². The van der Waals surface area contributed by atoms with Crippen LogP contribution in [0, 0.1) is 0 Å². The lowest BCUT2D eigenvalue weighted by Gasteiger charge is -2.21. The molecule has 1 aliphatic heterocycles. The van der Waals surface area contributed by atoms with Crippen molar-refractivity contribution in [1.29, 1.82) is 0 Å². The number of hydrogen-bond acceptors (Lipinski definition) is 4. The molecule has 0 radical (unpaired) electrons. The van der Waals surface area contributed by atoms with E-state index in [-0.39, 0.29) is 5.97 Å². The summed E-state index contributed by atoms with van der Waals surface area (Å²) in [4.78, 5) is 10.8. The first kappa shape index (κ1) is 9.45. The summed E-state index contributed by atoms with van der Waals surface area (Å²) in [6.07, 6.45) is 0. The zero-order valence-electron chi connectivity index (χ0n) is 7.51. The molecular weight excluding hydrogens is 174 g/mol. The Balaban J connectivity index is 2.57. The minimum atomic E-state index is -0.611. The minimum Gasteiger partial charge on any atom is -0.464 e. The van der Waals surface area contributed by atoms with Crippen LogP contribution >= 0.6 is 11.8 Å². The molecule has 0 amide bonds. The third-order valence-corrected chi connectivity index (χ3v) is 2.78. The van der Waals surface area contributed by atoms with Crippen molar-refractivity contribution in [1.82, 2.24) is 5.32 Å². The molecule has 0 bridgehead atoms. The quantitative estimate of drug-likeness (QED) is 0.664. The molecule has 4 heteroatoms. The molecule has 1 heterocycles. The highest BCUT2D eigenvalue weighted by atomic mass is 32.2. The molecule has 0 saturated heterocycles. The summed E-state index contributed by atoms with van der Waals surface area (Å²) in [5.41, 5.74) is 1.01. The normalized spacial score (nSPS) is 27.8. The van der Waals surface area contributed by atoms with Crippen molar-refractivity contribution in [3.05, 3.63) is 11.1 Å². The molecule has 1 atom stereocenters. The van der Waals surface area contributed by atoms with Gasteiger partial charge in [-0.15, -0.1) is 0 Å². The van der Waals surface area contributed by atoms with Gasteiger partial charge in [-0.05, 0) is 26.2 Å². The van der Waals surface area contributed by atoms with Crippen molar-refractivity contribution in [2.75, 3.05) is 6.61 Å². The van der Waals surface area contributed by atoms with Crippen LogP contribution in [0.25, 0.3) is 0 Å². The summed E-state index contributed by atoms with van der Waals surface area (Å²) >= 11 is 1.45. The van der Waals surface area contributed by atoms with E-state index >= 15 is 0 Å². The van der Waals surface area contributed by atoms with Crippen LogP contribution in [-0.2, 0) is 9.53 Å². The number of nitrogens with one attached hydrogen (secondary N) is 1. The molecule has 1 aliphatic rings. The Bertz CT molecular complexity index is 227. The molecular formula is C8H13NO2S. The van der Waals surface area contributed by atoms with Gasteiger partial charge in [0.25, 0.3) is 0 Å². The van der Waals surface area contributed by atoms with E-state index in [0.717, 1.165) is 5.70 Å². The fourth-order valence-electron chi connectivity index (χ4n) is 1.01. The lowest BCUT2D eigenvalue weighted by molar-refractivity contribution is -0.146. The summed E-state index contributed by atoms with van der Waals surface area (Å²) in [5, 5.41) is 4.99. The third-order valence-electron chi connectivity index (χ3n) is 1.57. The first-order valence-corrected chi connectivity index (χ1v) is 4.76.